The summed E-state index contributed by atoms with van der Waals surface area (Å²) in [7, 11) is 0. The van der Waals surface area contributed by atoms with E-state index >= 15 is 0 Å². The summed E-state index contributed by atoms with van der Waals surface area (Å²) >= 11 is 6.06. The highest BCUT2D eigenvalue weighted by atomic mass is 35.5. The zero-order chi connectivity index (χ0) is 24.1. The molecule has 0 atom stereocenters. The van der Waals surface area contributed by atoms with E-state index in [-0.39, 0.29) is 22.1 Å². The third-order valence-electron chi connectivity index (χ3n) is 4.97. The van der Waals surface area contributed by atoms with E-state index in [9.17, 15) is 18.0 Å². The number of ketones is 1. The van der Waals surface area contributed by atoms with Crippen molar-refractivity contribution in [2.75, 3.05) is 0 Å². The van der Waals surface area contributed by atoms with Gasteiger partial charge in [0.2, 0.25) is 0 Å². The highest BCUT2D eigenvalue weighted by Crippen LogP contribution is 2.36. The van der Waals surface area contributed by atoms with Crippen molar-refractivity contribution in [1.82, 2.24) is 0 Å². The van der Waals surface area contributed by atoms with E-state index < -0.39 is 11.7 Å². The third-order valence-corrected chi connectivity index (χ3v) is 5.30. The lowest BCUT2D eigenvalue weighted by Gasteiger charge is -2.09. The highest BCUT2D eigenvalue weighted by Gasteiger charge is 2.31. The lowest BCUT2D eigenvalue weighted by atomic mass is 10.1. The van der Waals surface area contributed by atoms with Crippen LogP contribution in [0.15, 0.2) is 95.4 Å². The second kappa shape index (κ2) is 10.0. The Hall–Kier alpha value is -3.77. The van der Waals surface area contributed by atoms with Gasteiger partial charge in [0.15, 0.2) is 5.78 Å². The molecule has 7 heteroatoms. The number of carbonyl (C=O) groups excluding carboxylic acids is 1. The summed E-state index contributed by atoms with van der Waals surface area (Å²) in [6.45, 7) is 0.421. The number of halogens is 4. The maximum absolute atomic E-state index is 13.0. The van der Waals surface area contributed by atoms with Gasteiger partial charge in [0.25, 0.3) is 0 Å². The molecule has 0 aliphatic heterocycles. The molecule has 1 aromatic heterocycles. The Labute approximate surface area is 199 Å². The van der Waals surface area contributed by atoms with Crippen LogP contribution in [-0.4, -0.2) is 5.78 Å². The van der Waals surface area contributed by atoms with Gasteiger partial charge < -0.3 is 9.15 Å². The van der Waals surface area contributed by atoms with Crippen molar-refractivity contribution in [3.8, 4) is 17.1 Å². The predicted octanol–water partition coefficient (Wildman–Crippen LogP) is 8.09. The average Bonchev–Trinajstić information content (AvgIpc) is 3.30. The number of benzene rings is 3. The van der Waals surface area contributed by atoms with Crippen LogP contribution < -0.4 is 4.74 Å². The number of hydrogen-bond donors (Lipinski definition) is 0. The Kier molecular flexibility index (Phi) is 6.89. The molecule has 172 valence electrons. The molecule has 34 heavy (non-hydrogen) atoms. The van der Waals surface area contributed by atoms with Crippen LogP contribution in [0.4, 0.5) is 13.2 Å². The van der Waals surface area contributed by atoms with Gasteiger partial charge in [-0.1, -0.05) is 41.9 Å². The van der Waals surface area contributed by atoms with Gasteiger partial charge in [0, 0.05) is 11.1 Å². The summed E-state index contributed by atoms with van der Waals surface area (Å²) in [5.41, 5.74) is 0.783. The zero-order valence-electron chi connectivity index (χ0n) is 17.7. The van der Waals surface area contributed by atoms with Crippen LogP contribution >= 0.6 is 11.6 Å². The highest BCUT2D eigenvalue weighted by molar-refractivity contribution is 6.33. The van der Waals surface area contributed by atoms with Crippen molar-refractivity contribution in [1.29, 1.82) is 0 Å². The molecule has 4 rings (SSSR count). The first-order valence-corrected chi connectivity index (χ1v) is 10.6. The van der Waals surface area contributed by atoms with Crippen molar-refractivity contribution in [2.24, 2.45) is 0 Å². The quantitative estimate of drug-likeness (QED) is 0.197. The van der Waals surface area contributed by atoms with E-state index in [1.54, 1.807) is 30.3 Å². The Morgan fingerprint density at radius 2 is 1.68 bits per heavy atom. The summed E-state index contributed by atoms with van der Waals surface area (Å²) in [4.78, 5) is 12.5. The number of hydrogen-bond acceptors (Lipinski definition) is 3. The van der Waals surface area contributed by atoms with E-state index in [4.69, 9.17) is 20.8 Å². The normalized spacial score (nSPS) is 11.6. The fourth-order valence-corrected chi connectivity index (χ4v) is 3.40. The Bertz CT molecular complexity index is 1310. The first kappa shape index (κ1) is 23.4. The van der Waals surface area contributed by atoms with Crippen LogP contribution in [0.5, 0.6) is 5.75 Å². The molecule has 3 aromatic carbocycles. The summed E-state index contributed by atoms with van der Waals surface area (Å²) in [5, 5.41) is 0.128. The van der Waals surface area contributed by atoms with Crippen molar-refractivity contribution in [3.63, 3.8) is 0 Å². The molecule has 0 aliphatic rings. The van der Waals surface area contributed by atoms with Gasteiger partial charge in [-0.2, -0.15) is 13.2 Å². The predicted molar refractivity (Wildman–Crippen MR) is 125 cm³/mol. The van der Waals surface area contributed by atoms with E-state index in [2.05, 4.69) is 0 Å². The van der Waals surface area contributed by atoms with Gasteiger partial charge in [0.05, 0.1) is 10.6 Å². The first-order valence-electron chi connectivity index (χ1n) is 10.3. The van der Waals surface area contributed by atoms with E-state index in [1.165, 1.54) is 24.3 Å². The summed E-state index contributed by atoms with van der Waals surface area (Å²) in [6.07, 6.45) is -1.72. The van der Waals surface area contributed by atoms with Crippen LogP contribution in [0, 0.1) is 0 Å². The molecule has 0 aliphatic carbocycles. The van der Waals surface area contributed by atoms with E-state index in [1.807, 2.05) is 30.3 Å². The van der Waals surface area contributed by atoms with Crippen LogP contribution in [0.2, 0.25) is 5.02 Å². The molecule has 0 amide bonds. The molecule has 0 saturated carbocycles. The van der Waals surface area contributed by atoms with E-state index in [0.29, 0.717) is 23.7 Å². The molecule has 0 N–H and O–H groups in total. The van der Waals surface area contributed by atoms with Gasteiger partial charge in [0.1, 0.15) is 23.9 Å². The van der Waals surface area contributed by atoms with E-state index in [0.717, 1.165) is 17.7 Å². The van der Waals surface area contributed by atoms with Gasteiger partial charge >= 0.3 is 6.18 Å². The molecule has 3 nitrogen and oxygen atoms in total. The number of allylic oxidation sites excluding steroid dienone is 1. The molecule has 1 heterocycles. The smallest absolute Gasteiger partial charge is 0.416 e. The number of ether oxygens (including phenoxy) is 1. The van der Waals surface area contributed by atoms with Crippen LogP contribution in [0.1, 0.15) is 27.2 Å². The summed E-state index contributed by atoms with van der Waals surface area (Å²) in [6, 6.07) is 22.5. The van der Waals surface area contributed by atoms with Crippen molar-refractivity contribution in [2.45, 2.75) is 12.8 Å². The minimum Gasteiger partial charge on any atom is -0.489 e. The fourth-order valence-electron chi connectivity index (χ4n) is 3.19. The van der Waals surface area contributed by atoms with Crippen molar-refractivity contribution >= 4 is 23.5 Å². The molecule has 0 bridgehead atoms. The first-order chi connectivity index (χ1) is 16.3. The van der Waals surface area contributed by atoms with Gasteiger partial charge in [-0.05, 0) is 72.3 Å². The molecule has 4 aromatic rings. The lowest BCUT2D eigenvalue weighted by Crippen LogP contribution is -2.04. The van der Waals surface area contributed by atoms with Crippen LogP contribution in [0.25, 0.3) is 17.4 Å². The van der Waals surface area contributed by atoms with Gasteiger partial charge in [-0.25, -0.2) is 0 Å². The average molecular weight is 483 g/mol. The fraction of sp³-hybridized carbons (Fsp3) is 0.0741. The molecular weight excluding hydrogens is 465 g/mol. The number of carbonyl (C=O) groups is 1. The third kappa shape index (κ3) is 5.77. The maximum Gasteiger partial charge on any atom is 0.416 e. The molecule has 0 spiro atoms. The molecular formula is C27H18ClF3O3. The Balaban J connectivity index is 1.41. The maximum atomic E-state index is 13.0. The largest absolute Gasteiger partial charge is 0.489 e. The number of furan rings is 1. The Morgan fingerprint density at radius 1 is 0.941 bits per heavy atom. The molecule has 0 unspecified atom stereocenters. The topological polar surface area (TPSA) is 39.4 Å². The van der Waals surface area contributed by atoms with Crippen molar-refractivity contribution < 1.29 is 27.1 Å². The monoisotopic (exact) mass is 482 g/mol. The SMILES string of the molecule is O=C(/C=C/c1ccc(-c2cc(C(F)(F)F)ccc2Cl)o1)c1ccc(OCc2ccccc2)cc1. The number of alkyl halides is 3. The minimum absolute atomic E-state index is 0.119. The van der Waals surface area contributed by atoms with Gasteiger partial charge in [-0.15, -0.1) is 0 Å². The van der Waals surface area contributed by atoms with Crippen LogP contribution in [-0.2, 0) is 12.8 Å². The Morgan fingerprint density at radius 3 is 2.38 bits per heavy atom. The van der Waals surface area contributed by atoms with Crippen LogP contribution in [0.3, 0.4) is 0 Å². The van der Waals surface area contributed by atoms with Gasteiger partial charge in [-0.3, -0.25) is 4.79 Å². The summed E-state index contributed by atoms with van der Waals surface area (Å²) < 4.78 is 50.3. The van der Waals surface area contributed by atoms with Crippen molar-refractivity contribution in [3.05, 3.63) is 118 Å². The second-order valence-electron chi connectivity index (χ2n) is 7.39. The second-order valence-corrected chi connectivity index (χ2v) is 7.80. The molecule has 0 radical (unpaired) electrons. The molecule has 0 saturated heterocycles. The lowest BCUT2D eigenvalue weighted by molar-refractivity contribution is -0.137. The minimum atomic E-state index is -4.50. The zero-order valence-corrected chi connectivity index (χ0v) is 18.4. The summed E-state index contributed by atoms with van der Waals surface area (Å²) in [5.74, 6) is 0.852. The number of rotatable bonds is 7. The molecule has 0 fully saturated rings. The standard InChI is InChI=1S/C27H18ClF3O3/c28-24-13-8-20(27(29,30)31)16-23(24)26-15-12-22(34-26)11-14-25(32)19-6-9-21(10-7-19)33-17-18-4-2-1-3-5-18/h1-16H,17H2/b14-11+.